The standard InChI is InChI=1S/C37H37N4/c1-23(2)30-20-27(26-12-8-7-9-13-26)21-31(24(3)4)35(30)41-19-18-39(6)37(41)34-25(5)28-14-10-11-15-29(28)32-22-33-38-16-17-40(33)36(32)34/h7-21,23-24H,22H2,1-6H3/q+1/i23D,24D. The van der Waals surface area contributed by atoms with Gasteiger partial charge in [-0.1, -0.05) is 82.3 Å². The molecule has 0 spiro atoms. The fourth-order valence-corrected chi connectivity index (χ4v) is 6.62. The van der Waals surface area contributed by atoms with Crippen LogP contribution in [0.15, 0.2) is 91.5 Å². The molecule has 0 radical (unpaired) electrons. The summed E-state index contributed by atoms with van der Waals surface area (Å²) in [5.74, 6) is 0.224. The van der Waals surface area contributed by atoms with E-state index in [0.717, 1.165) is 51.6 Å². The van der Waals surface area contributed by atoms with Gasteiger partial charge in [-0.25, -0.2) is 9.55 Å². The van der Waals surface area contributed by atoms with Crippen molar-refractivity contribution in [3.05, 3.63) is 120 Å². The van der Waals surface area contributed by atoms with Crippen molar-refractivity contribution in [1.82, 2.24) is 14.1 Å². The van der Waals surface area contributed by atoms with E-state index < -0.39 is 11.8 Å². The summed E-state index contributed by atoms with van der Waals surface area (Å²) in [7, 11) is 2.09. The Morgan fingerprint density at radius 3 is 2.15 bits per heavy atom. The topological polar surface area (TPSA) is 26.6 Å². The maximum Gasteiger partial charge on any atom is 0.296 e. The smallest absolute Gasteiger partial charge is 0.296 e. The molecule has 0 N–H and O–H groups in total. The number of imidazole rings is 2. The largest absolute Gasteiger partial charge is 0.302 e. The van der Waals surface area contributed by atoms with E-state index in [1.54, 1.807) is 0 Å². The number of rotatable bonds is 5. The van der Waals surface area contributed by atoms with E-state index in [9.17, 15) is 2.74 Å². The van der Waals surface area contributed by atoms with Crippen LogP contribution in [-0.2, 0) is 13.5 Å². The van der Waals surface area contributed by atoms with Crippen LogP contribution in [0.4, 0.5) is 0 Å². The van der Waals surface area contributed by atoms with Gasteiger partial charge in [0, 0.05) is 32.7 Å². The van der Waals surface area contributed by atoms with Gasteiger partial charge >= 0.3 is 0 Å². The first kappa shape index (κ1) is 23.3. The van der Waals surface area contributed by atoms with Crippen molar-refractivity contribution in [2.45, 2.75) is 52.8 Å². The summed E-state index contributed by atoms with van der Waals surface area (Å²) in [6.07, 6.45) is 8.92. The molecule has 3 heterocycles. The SMILES string of the molecule is [2H]C(C)(C)c1cc(-c2ccccc2)cc(C([2H])(C)C)c1-n1cc[n+](C)c1-c1c2c(c3ccccc3c1C)Cc1nccn1-2. The summed E-state index contributed by atoms with van der Waals surface area (Å²) in [6, 6.07) is 23.3. The van der Waals surface area contributed by atoms with E-state index in [1.807, 2.05) is 52.1 Å². The van der Waals surface area contributed by atoms with Crippen LogP contribution in [0.3, 0.4) is 0 Å². The van der Waals surface area contributed by atoms with E-state index in [-0.39, 0.29) is 0 Å². The van der Waals surface area contributed by atoms with Crippen LogP contribution in [-0.4, -0.2) is 14.1 Å². The van der Waals surface area contributed by atoms with Crippen molar-refractivity contribution in [3.63, 3.8) is 0 Å². The number of benzene rings is 4. The molecule has 0 bridgehead atoms. The lowest BCUT2D eigenvalue weighted by Crippen LogP contribution is -2.30. The highest BCUT2D eigenvalue weighted by Gasteiger charge is 2.34. The Labute approximate surface area is 245 Å². The monoisotopic (exact) mass is 539 g/mol. The van der Waals surface area contributed by atoms with Crippen LogP contribution in [0.2, 0.25) is 0 Å². The minimum Gasteiger partial charge on any atom is -0.302 e. The lowest BCUT2D eigenvalue weighted by atomic mass is 9.88. The van der Waals surface area contributed by atoms with Gasteiger partial charge in [0.25, 0.3) is 5.82 Å². The first-order valence-corrected chi connectivity index (χ1v) is 14.3. The minimum atomic E-state index is -0.919. The van der Waals surface area contributed by atoms with Crippen LogP contribution in [0, 0.1) is 6.92 Å². The molecule has 0 atom stereocenters. The molecule has 4 heteroatoms. The summed E-state index contributed by atoms with van der Waals surface area (Å²) in [4.78, 5) is 4.70. The van der Waals surface area contributed by atoms with Crippen molar-refractivity contribution < 1.29 is 7.31 Å². The zero-order valence-corrected chi connectivity index (χ0v) is 24.7. The second kappa shape index (κ2) is 9.59. The molecule has 204 valence electrons. The van der Waals surface area contributed by atoms with Crippen LogP contribution < -0.4 is 4.57 Å². The molecule has 0 aliphatic carbocycles. The molecule has 41 heavy (non-hydrogen) atoms. The van der Waals surface area contributed by atoms with Crippen molar-refractivity contribution in [2.75, 3.05) is 0 Å². The van der Waals surface area contributed by atoms with Gasteiger partial charge < -0.3 is 4.57 Å². The van der Waals surface area contributed by atoms with Crippen molar-refractivity contribution in [1.29, 1.82) is 0 Å². The lowest BCUT2D eigenvalue weighted by Gasteiger charge is -2.21. The highest BCUT2D eigenvalue weighted by atomic mass is 15.2. The van der Waals surface area contributed by atoms with Gasteiger partial charge in [0.05, 0.1) is 18.3 Å². The third kappa shape index (κ3) is 3.88. The number of nitrogens with zero attached hydrogens (tertiary/aromatic N) is 4. The van der Waals surface area contributed by atoms with Gasteiger partial charge in [0.2, 0.25) is 0 Å². The Hall–Kier alpha value is -4.44. The number of hydrogen-bond acceptors (Lipinski definition) is 1. The van der Waals surface area contributed by atoms with Gasteiger partial charge in [-0.2, -0.15) is 4.57 Å². The Morgan fingerprint density at radius 2 is 1.46 bits per heavy atom. The molecule has 0 saturated carbocycles. The van der Waals surface area contributed by atoms with Gasteiger partial charge in [-0.3, -0.25) is 0 Å². The summed E-state index contributed by atoms with van der Waals surface area (Å²) in [5.41, 5.74) is 9.59. The van der Waals surface area contributed by atoms with Crippen LogP contribution in [0.5, 0.6) is 0 Å². The van der Waals surface area contributed by atoms with Gasteiger partial charge in [0.1, 0.15) is 23.9 Å². The lowest BCUT2D eigenvalue weighted by molar-refractivity contribution is -0.659. The Morgan fingerprint density at radius 1 is 0.805 bits per heavy atom. The molecule has 1 aliphatic heterocycles. The van der Waals surface area contributed by atoms with Crippen molar-refractivity contribution in [2.24, 2.45) is 7.05 Å². The molecule has 2 aromatic heterocycles. The molecule has 0 fully saturated rings. The number of aryl methyl sites for hydroxylation is 2. The molecule has 0 saturated heterocycles. The normalized spacial score (nSPS) is 13.7. The molecular weight excluding hydrogens is 500 g/mol. The highest BCUT2D eigenvalue weighted by Crippen LogP contribution is 2.44. The number of fused-ring (bicyclic) bond motifs is 5. The van der Waals surface area contributed by atoms with E-state index in [1.165, 1.54) is 27.6 Å². The van der Waals surface area contributed by atoms with E-state index in [0.29, 0.717) is 0 Å². The summed E-state index contributed by atoms with van der Waals surface area (Å²) in [6.45, 7) is 10.00. The number of aromatic nitrogens is 4. The molecule has 0 unspecified atom stereocenters. The fourth-order valence-electron chi connectivity index (χ4n) is 6.62. The average molecular weight is 540 g/mol. The van der Waals surface area contributed by atoms with Crippen LogP contribution in [0.1, 0.15) is 70.3 Å². The molecule has 6 aromatic rings. The second-order valence-corrected chi connectivity index (χ2v) is 11.7. The van der Waals surface area contributed by atoms with Crippen LogP contribution >= 0.6 is 0 Å². The minimum absolute atomic E-state index is 0.780. The highest BCUT2D eigenvalue weighted by molar-refractivity contribution is 5.99. The van der Waals surface area contributed by atoms with E-state index in [2.05, 4.69) is 94.8 Å². The maximum atomic E-state index is 9.36. The summed E-state index contributed by atoms with van der Waals surface area (Å²) >= 11 is 0. The Kier molecular flexibility index (Phi) is 5.44. The van der Waals surface area contributed by atoms with Gasteiger partial charge in [-0.15, -0.1) is 0 Å². The van der Waals surface area contributed by atoms with Gasteiger partial charge in [-0.05, 0) is 63.9 Å². The Bertz CT molecular complexity index is 2000. The van der Waals surface area contributed by atoms with Crippen molar-refractivity contribution in [3.8, 4) is 33.9 Å². The first-order chi connectivity index (χ1) is 20.4. The Balaban J connectivity index is 1.61. The number of hydrogen-bond donors (Lipinski definition) is 0. The molecule has 4 aromatic carbocycles. The third-order valence-electron chi connectivity index (χ3n) is 8.61. The summed E-state index contributed by atoms with van der Waals surface area (Å²) in [5, 5.41) is 2.49. The van der Waals surface area contributed by atoms with Gasteiger partial charge in [0.15, 0.2) is 0 Å². The zero-order valence-electron chi connectivity index (χ0n) is 26.7. The molecule has 0 amide bonds. The second-order valence-electron chi connectivity index (χ2n) is 11.7. The van der Waals surface area contributed by atoms with E-state index in [4.69, 9.17) is 4.98 Å². The fraction of sp³-hybridized carbons (Fsp3) is 0.243. The average Bonchev–Trinajstić information content (AvgIpc) is 3.68. The first-order valence-electron chi connectivity index (χ1n) is 15.3. The quantitative estimate of drug-likeness (QED) is 0.202. The van der Waals surface area contributed by atoms with E-state index >= 15 is 0 Å². The maximum absolute atomic E-state index is 9.36. The molecular formula is C37H37N4+. The van der Waals surface area contributed by atoms with Crippen molar-refractivity contribution >= 4 is 10.8 Å². The zero-order chi connectivity index (χ0) is 30.3. The summed E-state index contributed by atoms with van der Waals surface area (Å²) < 4.78 is 25.4. The molecule has 4 nitrogen and oxygen atoms in total. The predicted octanol–water partition coefficient (Wildman–Crippen LogP) is 8.43. The molecule has 1 aliphatic rings. The third-order valence-corrected chi connectivity index (χ3v) is 8.61. The van der Waals surface area contributed by atoms with Crippen LogP contribution in [0.25, 0.3) is 44.7 Å². The predicted molar refractivity (Wildman–Crippen MR) is 168 cm³/mol. The molecule has 7 rings (SSSR count).